The number of imidazole rings is 1. The average molecular weight is 518 g/mol. The molecule has 0 bridgehead atoms. The lowest BCUT2D eigenvalue weighted by atomic mass is 9.87. The summed E-state index contributed by atoms with van der Waals surface area (Å²) in [6.07, 6.45) is 2.86. The molecule has 0 fully saturated rings. The Morgan fingerprint density at radius 1 is 0.973 bits per heavy atom. The monoisotopic (exact) mass is 517 g/mol. The third-order valence-electron chi connectivity index (χ3n) is 6.48. The van der Waals surface area contributed by atoms with Crippen molar-refractivity contribution < 1.29 is 9.53 Å². The summed E-state index contributed by atoms with van der Waals surface area (Å²) < 4.78 is 8.25. The first-order chi connectivity index (χ1) is 17.8. The second-order valence-corrected chi connectivity index (χ2v) is 10.8. The molecular weight excluding hydrogens is 482 g/mol. The first-order valence-corrected chi connectivity index (χ1v) is 13.4. The first kappa shape index (κ1) is 26.7. The van der Waals surface area contributed by atoms with Crippen molar-refractivity contribution in [2.45, 2.75) is 58.4 Å². The molecule has 0 saturated heterocycles. The van der Waals surface area contributed by atoms with E-state index in [1.807, 2.05) is 36.4 Å². The lowest BCUT2D eigenvalue weighted by Gasteiger charge is -2.19. The van der Waals surface area contributed by atoms with E-state index < -0.39 is 0 Å². The summed E-state index contributed by atoms with van der Waals surface area (Å²) in [6.45, 7) is 8.70. The molecule has 1 aromatic heterocycles. The van der Waals surface area contributed by atoms with Gasteiger partial charge in [0.05, 0.1) is 24.1 Å². The fourth-order valence-corrected chi connectivity index (χ4v) is 4.57. The van der Waals surface area contributed by atoms with Crippen molar-refractivity contribution in [2.75, 3.05) is 13.2 Å². The van der Waals surface area contributed by atoms with Gasteiger partial charge < -0.3 is 14.6 Å². The van der Waals surface area contributed by atoms with Gasteiger partial charge in [-0.15, -0.1) is 0 Å². The van der Waals surface area contributed by atoms with Gasteiger partial charge in [-0.05, 0) is 59.7 Å². The van der Waals surface area contributed by atoms with E-state index >= 15 is 0 Å². The number of amides is 1. The number of benzene rings is 3. The topological polar surface area (TPSA) is 56.1 Å². The standard InChI is InChI=1S/C31H36ClN3O2/c1-31(2,3)24-14-16-25(17-15-24)37-21-9-8-20-35-28-13-7-6-12-27(28)34-29(35)18-19-33-30(36)22-23-10-4-5-11-26(23)32/h4-7,10-17H,8-9,18-22H2,1-3H3,(H,33,36). The SMILES string of the molecule is CC(C)(C)c1ccc(OCCCCn2c(CCNC(=O)Cc3ccccc3Cl)nc3ccccc32)cc1. The summed E-state index contributed by atoms with van der Waals surface area (Å²) in [4.78, 5) is 17.3. The van der Waals surface area contributed by atoms with Gasteiger partial charge in [0.25, 0.3) is 0 Å². The number of hydrogen-bond acceptors (Lipinski definition) is 3. The number of unbranched alkanes of at least 4 members (excludes halogenated alkanes) is 1. The number of nitrogens with zero attached hydrogens (tertiary/aromatic N) is 2. The second-order valence-electron chi connectivity index (χ2n) is 10.4. The molecule has 5 nitrogen and oxygen atoms in total. The van der Waals surface area contributed by atoms with E-state index in [0.29, 0.717) is 24.6 Å². The Bertz CT molecular complexity index is 1320. The molecule has 4 aromatic rings. The van der Waals surface area contributed by atoms with Crippen molar-refractivity contribution in [3.8, 4) is 5.75 Å². The van der Waals surface area contributed by atoms with Gasteiger partial charge >= 0.3 is 0 Å². The molecule has 0 aliphatic carbocycles. The van der Waals surface area contributed by atoms with E-state index in [4.69, 9.17) is 21.3 Å². The Morgan fingerprint density at radius 2 is 1.70 bits per heavy atom. The Kier molecular flexibility index (Phi) is 8.88. The summed E-state index contributed by atoms with van der Waals surface area (Å²) in [5.41, 5.74) is 4.39. The summed E-state index contributed by atoms with van der Waals surface area (Å²) in [6, 6.07) is 24.0. The van der Waals surface area contributed by atoms with Gasteiger partial charge in [0.15, 0.2) is 0 Å². The maximum absolute atomic E-state index is 12.4. The normalized spacial score (nSPS) is 11.6. The maximum atomic E-state index is 12.4. The number of halogens is 1. The molecule has 0 spiro atoms. The van der Waals surface area contributed by atoms with Crippen LogP contribution in [0.5, 0.6) is 5.75 Å². The molecule has 6 heteroatoms. The van der Waals surface area contributed by atoms with Crippen molar-refractivity contribution in [3.63, 3.8) is 0 Å². The zero-order valence-corrected chi connectivity index (χ0v) is 22.7. The predicted octanol–water partition coefficient (Wildman–Crippen LogP) is 6.75. The minimum atomic E-state index is -0.0385. The maximum Gasteiger partial charge on any atom is 0.224 e. The highest BCUT2D eigenvalue weighted by Crippen LogP contribution is 2.24. The number of aromatic nitrogens is 2. The van der Waals surface area contributed by atoms with Crippen LogP contribution in [0.25, 0.3) is 11.0 Å². The van der Waals surface area contributed by atoms with Gasteiger partial charge in [0, 0.05) is 24.5 Å². The zero-order valence-electron chi connectivity index (χ0n) is 22.0. The van der Waals surface area contributed by atoms with Gasteiger partial charge in [-0.3, -0.25) is 4.79 Å². The number of aryl methyl sites for hydroxylation is 1. The van der Waals surface area contributed by atoms with Crippen LogP contribution in [-0.2, 0) is 29.6 Å². The fraction of sp³-hybridized carbons (Fsp3) is 0.355. The molecule has 3 aromatic carbocycles. The largest absolute Gasteiger partial charge is 0.494 e. The molecule has 37 heavy (non-hydrogen) atoms. The predicted molar refractivity (Wildman–Crippen MR) is 151 cm³/mol. The number of rotatable bonds is 11. The number of ether oxygens (including phenoxy) is 1. The fourth-order valence-electron chi connectivity index (χ4n) is 4.37. The molecule has 0 unspecified atom stereocenters. The van der Waals surface area contributed by atoms with Crippen molar-refractivity contribution >= 4 is 28.5 Å². The summed E-state index contributed by atoms with van der Waals surface area (Å²) in [5.74, 6) is 1.86. The van der Waals surface area contributed by atoms with Crippen LogP contribution < -0.4 is 10.1 Å². The average Bonchev–Trinajstić information content (AvgIpc) is 3.22. The van der Waals surface area contributed by atoms with E-state index in [0.717, 1.165) is 47.6 Å². The number of fused-ring (bicyclic) bond motifs is 1. The molecule has 0 aliphatic rings. The van der Waals surface area contributed by atoms with Gasteiger partial charge in [-0.25, -0.2) is 4.98 Å². The highest BCUT2D eigenvalue weighted by Gasteiger charge is 2.14. The highest BCUT2D eigenvalue weighted by atomic mass is 35.5. The van der Waals surface area contributed by atoms with Crippen molar-refractivity contribution in [3.05, 3.63) is 94.8 Å². The lowest BCUT2D eigenvalue weighted by Crippen LogP contribution is -2.28. The quantitative estimate of drug-likeness (QED) is 0.224. The van der Waals surface area contributed by atoms with Crippen LogP contribution in [0.2, 0.25) is 5.02 Å². The van der Waals surface area contributed by atoms with Crippen molar-refractivity contribution in [2.24, 2.45) is 0 Å². The smallest absolute Gasteiger partial charge is 0.224 e. The molecule has 1 N–H and O–H groups in total. The van der Waals surface area contributed by atoms with Crippen LogP contribution in [0.1, 0.15) is 50.6 Å². The van der Waals surface area contributed by atoms with Crippen LogP contribution in [0.4, 0.5) is 0 Å². The van der Waals surface area contributed by atoms with Crippen LogP contribution in [-0.4, -0.2) is 28.6 Å². The third-order valence-corrected chi connectivity index (χ3v) is 6.85. The summed E-state index contributed by atoms with van der Waals surface area (Å²) in [5, 5.41) is 3.63. The highest BCUT2D eigenvalue weighted by molar-refractivity contribution is 6.31. The van der Waals surface area contributed by atoms with E-state index in [1.54, 1.807) is 6.07 Å². The van der Waals surface area contributed by atoms with Gasteiger partial charge in [0.2, 0.25) is 5.91 Å². The summed E-state index contributed by atoms with van der Waals surface area (Å²) in [7, 11) is 0. The minimum absolute atomic E-state index is 0.0385. The van der Waals surface area contributed by atoms with Gasteiger partial charge in [0.1, 0.15) is 11.6 Å². The zero-order chi connectivity index (χ0) is 26.3. The number of hydrogen-bond donors (Lipinski definition) is 1. The Hall–Kier alpha value is -3.31. The minimum Gasteiger partial charge on any atom is -0.494 e. The summed E-state index contributed by atoms with van der Waals surface area (Å²) >= 11 is 6.19. The van der Waals surface area contributed by atoms with E-state index in [-0.39, 0.29) is 17.7 Å². The van der Waals surface area contributed by atoms with Crippen LogP contribution in [0.3, 0.4) is 0 Å². The van der Waals surface area contributed by atoms with E-state index in [2.05, 4.69) is 61.0 Å². The van der Waals surface area contributed by atoms with Gasteiger partial charge in [-0.1, -0.05) is 74.8 Å². The molecule has 1 heterocycles. The molecule has 0 aliphatic heterocycles. The number of nitrogens with one attached hydrogen (secondary N) is 1. The number of carbonyl (C=O) groups is 1. The molecule has 4 rings (SSSR count). The number of carbonyl (C=O) groups excluding carboxylic acids is 1. The molecular formula is C31H36ClN3O2. The first-order valence-electron chi connectivity index (χ1n) is 13.0. The molecule has 0 saturated carbocycles. The Balaban J connectivity index is 1.28. The Labute approximate surface area is 224 Å². The third kappa shape index (κ3) is 7.36. The van der Waals surface area contributed by atoms with Crippen LogP contribution >= 0.6 is 11.6 Å². The molecule has 0 radical (unpaired) electrons. The van der Waals surface area contributed by atoms with Crippen molar-refractivity contribution in [1.82, 2.24) is 14.9 Å². The van der Waals surface area contributed by atoms with E-state index in [9.17, 15) is 4.79 Å². The second kappa shape index (κ2) is 12.3. The molecule has 1 amide bonds. The van der Waals surface area contributed by atoms with Crippen LogP contribution in [0, 0.1) is 0 Å². The van der Waals surface area contributed by atoms with Crippen LogP contribution in [0.15, 0.2) is 72.8 Å². The Morgan fingerprint density at radius 3 is 2.46 bits per heavy atom. The molecule has 194 valence electrons. The molecule has 0 atom stereocenters. The number of para-hydroxylation sites is 2. The van der Waals surface area contributed by atoms with Gasteiger partial charge in [-0.2, -0.15) is 0 Å². The lowest BCUT2D eigenvalue weighted by molar-refractivity contribution is -0.120. The van der Waals surface area contributed by atoms with E-state index in [1.165, 1.54) is 5.56 Å². The van der Waals surface area contributed by atoms with Crippen molar-refractivity contribution in [1.29, 1.82) is 0 Å².